The molecule has 0 saturated carbocycles. The molecule has 2 aromatic carbocycles. The van der Waals surface area contributed by atoms with Crippen LogP contribution in [0.25, 0.3) is 0 Å². The van der Waals surface area contributed by atoms with Gasteiger partial charge in [0.25, 0.3) is 0 Å². The summed E-state index contributed by atoms with van der Waals surface area (Å²) in [7, 11) is 0. The van der Waals surface area contributed by atoms with E-state index in [1.54, 1.807) is 0 Å². The largest absolute Gasteiger partial charge is 0.394 e. The average Bonchev–Trinajstić information content (AvgIpc) is 2.73. The van der Waals surface area contributed by atoms with E-state index in [0.717, 1.165) is 51.0 Å². The second kappa shape index (κ2) is 14.4. The Labute approximate surface area is 164 Å². The van der Waals surface area contributed by atoms with Crippen LogP contribution in [0.1, 0.15) is 55.7 Å². The van der Waals surface area contributed by atoms with Crippen molar-refractivity contribution in [3.05, 3.63) is 71.8 Å². The van der Waals surface area contributed by atoms with E-state index in [1.807, 2.05) is 18.2 Å². The molecule has 0 aliphatic carbocycles. The molecule has 0 spiro atoms. The Morgan fingerprint density at radius 1 is 0.741 bits per heavy atom. The van der Waals surface area contributed by atoms with E-state index in [0.29, 0.717) is 0 Å². The molecule has 27 heavy (non-hydrogen) atoms. The molecule has 148 valence electrons. The van der Waals surface area contributed by atoms with E-state index in [9.17, 15) is 5.11 Å². The third-order valence-corrected chi connectivity index (χ3v) is 4.84. The minimum Gasteiger partial charge on any atom is -0.394 e. The first-order valence-electron chi connectivity index (χ1n) is 10.4. The molecule has 3 heteroatoms. The van der Waals surface area contributed by atoms with Crippen LogP contribution in [0.15, 0.2) is 60.7 Å². The fraction of sp³-hybridized carbons (Fsp3) is 0.500. The molecule has 0 aliphatic rings. The molecule has 2 rings (SSSR count). The highest BCUT2D eigenvalue weighted by atomic mass is 16.5. The standard InChI is InChI=1S/C24H35NO2/c26-21-24(23-16-7-4-8-17-23)25-18-10-1-2-11-19-27-20-12-9-15-22-13-5-3-6-14-22/h3-8,13-14,16-17,24-26H,1-2,9-12,15,18-21H2/t24-/m0/s1. The fourth-order valence-electron chi connectivity index (χ4n) is 3.21. The van der Waals surface area contributed by atoms with E-state index in [1.165, 1.54) is 24.8 Å². The Balaban J connectivity index is 1.37. The Morgan fingerprint density at radius 2 is 1.37 bits per heavy atom. The van der Waals surface area contributed by atoms with Crippen molar-refractivity contribution in [1.29, 1.82) is 0 Å². The third kappa shape index (κ3) is 9.71. The van der Waals surface area contributed by atoms with Crippen molar-refractivity contribution in [2.75, 3.05) is 26.4 Å². The zero-order valence-corrected chi connectivity index (χ0v) is 16.5. The number of hydrogen-bond donors (Lipinski definition) is 2. The van der Waals surface area contributed by atoms with Gasteiger partial charge >= 0.3 is 0 Å². The molecule has 0 saturated heterocycles. The van der Waals surface area contributed by atoms with Gasteiger partial charge in [-0.2, -0.15) is 0 Å². The number of aryl methyl sites for hydroxylation is 1. The smallest absolute Gasteiger partial charge is 0.0626 e. The second-order valence-corrected chi connectivity index (χ2v) is 7.07. The van der Waals surface area contributed by atoms with Gasteiger partial charge < -0.3 is 15.2 Å². The molecular formula is C24H35NO2. The fourth-order valence-corrected chi connectivity index (χ4v) is 3.21. The maximum atomic E-state index is 9.53. The number of benzene rings is 2. The predicted octanol–water partition coefficient (Wildman–Crippen LogP) is 4.91. The molecule has 3 nitrogen and oxygen atoms in total. The van der Waals surface area contributed by atoms with Gasteiger partial charge in [0.05, 0.1) is 12.6 Å². The molecule has 0 unspecified atom stereocenters. The van der Waals surface area contributed by atoms with Gasteiger partial charge in [0, 0.05) is 13.2 Å². The van der Waals surface area contributed by atoms with Crippen LogP contribution in [-0.4, -0.2) is 31.5 Å². The number of nitrogens with one attached hydrogen (secondary N) is 1. The summed E-state index contributed by atoms with van der Waals surface area (Å²) in [6.45, 7) is 2.84. The summed E-state index contributed by atoms with van der Waals surface area (Å²) in [5.41, 5.74) is 2.57. The SMILES string of the molecule is OC[C@H](NCCCCCCOCCCCc1ccccc1)c1ccccc1. The van der Waals surface area contributed by atoms with Crippen molar-refractivity contribution in [3.8, 4) is 0 Å². The molecule has 0 fully saturated rings. The summed E-state index contributed by atoms with van der Waals surface area (Å²) < 4.78 is 5.74. The van der Waals surface area contributed by atoms with Gasteiger partial charge in [-0.25, -0.2) is 0 Å². The zero-order valence-electron chi connectivity index (χ0n) is 16.5. The Morgan fingerprint density at radius 3 is 2.07 bits per heavy atom. The van der Waals surface area contributed by atoms with Crippen LogP contribution in [0, 0.1) is 0 Å². The van der Waals surface area contributed by atoms with Crippen LogP contribution < -0.4 is 5.32 Å². The van der Waals surface area contributed by atoms with Crippen LogP contribution in [-0.2, 0) is 11.2 Å². The van der Waals surface area contributed by atoms with Gasteiger partial charge in [-0.3, -0.25) is 0 Å². The molecule has 0 bridgehead atoms. The van der Waals surface area contributed by atoms with Crippen LogP contribution in [0.5, 0.6) is 0 Å². The molecule has 0 aliphatic heterocycles. The minimum atomic E-state index is 0.0467. The lowest BCUT2D eigenvalue weighted by Crippen LogP contribution is -2.25. The van der Waals surface area contributed by atoms with E-state index in [-0.39, 0.29) is 12.6 Å². The Bertz CT molecular complexity index is 573. The molecule has 0 amide bonds. The number of hydrogen-bond acceptors (Lipinski definition) is 3. The lowest BCUT2D eigenvalue weighted by atomic mass is 10.1. The summed E-state index contributed by atoms with van der Waals surface area (Å²) in [5.74, 6) is 0. The lowest BCUT2D eigenvalue weighted by molar-refractivity contribution is 0.126. The highest BCUT2D eigenvalue weighted by molar-refractivity contribution is 5.18. The van der Waals surface area contributed by atoms with Crippen molar-refractivity contribution >= 4 is 0 Å². The summed E-state index contributed by atoms with van der Waals surface area (Å²) in [5, 5.41) is 13.0. The molecule has 0 heterocycles. The maximum absolute atomic E-state index is 9.53. The molecule has 2 aromatic rings. The first kappa shape index (κ1) is 21.6. The predicted molar refractivity (Wildman–Crippen MR) is 113 cm³/mol. The van der Waals surface area contributed by atoms with Gasteiger partial charge in [0.15, 0.2) is 0 Å². The normalized spacial score (nSPS) is 12.2. The number of ether oxygens (including phenoxy) is 1. The zero-order chi connectivity index (χ0) is 19.0. The topological polar surface area (TPSA) is 41.5 Å². The average molecular weight is 370 g/mol. The Kier molecular flexibility index (Phi) is 11.5. The summed E-state index contributed by atoms with van der Waals surface area (Å²) >= 11 is 0. The monoisotopic (exact) mass is 369 g/mol. The number of rotatable bonds is 15. The highest BCUT2D eigenvalue weighted by Gasteiger charge is 2.07. The quantitative estimate of drug-likeness (QED) is 0.438. The van der Waals surface area contributed by atoms with Gasteiger partial charge in [-0.15, -0.1) is 0 Å². The van der Waals surface area contributed by atoms with Crippen LogP contribution in [0.4, 0.5) is 0 Å². The lowest BCUT2D eigenvalue weighted by Gasteiger charge is -2.16. The van der Waals surface area contributed by atoms with Crippen LogP contribution in [0.3, 0.4) is 0 Å². The van der Waals surface area contributed by atoms with E-state index in [4.69, 9.17) is 4.74 Å². The number of aliphatic hydroxyl groups excluding tert-OH is 1. The van der Waals surface area contributed by atoms with Gasteiger partial charge in [0.1, 0.15) is 0 Å². The molecule has 0 radical (unpaired) electrons. The maximum Gasteiger partial charge on any atom is 0.0626 e. The first-order chi connectivity index (χ1) is 13.4. The third-order valence-electron chi connectivity index (χ3n) is 4.84. The molecule has 1 atom stereocenters. The molecule has 0 aromatic heterocycles. The van der Waals surface area contributed by atoms with E-state index >= 15 is 0 Å². The van der Waals surface area contributed by atoms with Crippen LogP contribution >= 0.6 is 0 Å². The van der Waals surface area contributed by atoms with Crippen LogP contribution in [0.2, 0.25) is 0 Å². The van der Waals surface area contributed by atoms with Crippen molar-refractivity contribution in [1.82, 2.24) is 5.32 Å². The summed E-state index contributed by atoms with van der Waals surface area (Å²) in [4.78, 5) is 0. The van der Waals surface area contributed by atoms with Crippen molar-refractivity contribution in [2.24, 2.45) is 0 Å². The first-order valence-corrected chi connectivity index (χ1v) is 10.4. The minimum absolute atomic E-state index is 0.0467. The Hall–Kier alpha value is -1.68. The van der Waals surface area contributed by atoms with Gasteiger partial charge in [0.2, 0.25) is 0 Å². The van der Waals surface area contributed by atoms with Crippen molar-refractivity contribution < 1.29 is 9.84 Å². The van der Waals surface area contributed by atoms with Crippen molar-refractivity contribution in [2.45, 2.75) is 51.0 Å². The summed E-state index contributed by atoms with van der Waals surface area (Å²) in [6, 6.07) is 20.9. The van der Waals surface area contributed by atoms with Crippen molar-refractivity contribution in [3.63, 3.8) is 0 Å². The van der Waals surface area contributed by atoms with E-state index < -0.39 is 0 Å². The number of aliphatic hydroxyl groups is 1. The van der Waals surface area contributed by atoms with E-state index in [2.05, 4.69) is 47.8 Å². The summed E-state index contributed by atoms with van der Waals surface area (Å²) in [6.07, 6.45) is 8.18. The molecule has 2 N–H and O–H groups in total. The van der Waals surface area contributed by atoms with Gasteiger partial charge in [-0.1, -0.05) is 73.5 Å². The molecular weight excluding hydrogens is 334 g/mol. The second-order valence-electron chi connectivity index (χ2n) is 7.07. The highest BCUT2D eigenvalue weighted by Crippen LogP contribution is 2.12. The number of unbranched alkanes of at least 4 members (excludes halogenated alkanes) is 4. The van der Waals surface area contributed by atoms with Gasteiger partial charge in [-0.05, 0) is 49.8 Å².